The molecule has 0 unspecified atom stereocenters. The molecule has 0 aromatic heterocycles. The number of nitrogens with zero attached hydrogens (tertiary/aromatic N) is 2. The minimum Gasteiger partial charge on any atom is -0.374 e. The lowest BCUT2D eigenvalue weighted by Crippen LogP contribution is -2.17. The third kappa shape index (κ3) is 2.75. The van der Waals surface area contributed by atoms with Crippen molar-refractivity contribution in [3.05, 3.63) is 30.1 Å². The normalized spacial score (nSPS) is 9.31. The zero-order chi connectivity index (χ0) is 9.68. The molecule has 0 amide bonds. The molecule has 0 spiro atoms. The van der Waals surface area contributed by atoms with Crippen LogP contribution in [0.2, 0.25) is 0 Å². The molecule has 1 aromatic rings. The van der Waals surface area contributed by atoms with E-state index in [1.807, 2.05) is 11.9 Å². The van der Waals surface area contributed by atoms with Gasteiger partial charge in [0.15, 0.2) is 0 Å². The van der Waals surface area contributed by atoms with E-state index in [0.717, 1.165) is 5.69 Å². The standard InChI is InChI=1S/C10H11FN2/c1-13(8-2-7-12)10-5-3-9(11)4-6-10/h3-6H,2,8H2,1H3. The predicted molar refractivity (Wildman–Crippen MR) is 49.9 cm³/mol. The van der Waals surface area contributed by atoms with E-state index in [1.165, 1.54) is 12.1 Å². The molecule has 0 radical (unpaired) electrons. The molecule has 2 nitrogen and oxygen atoms in total. The summed E-state index contributed by atoms with van der Waals surface area (Å²) in [6.45, 7) is 0.669. The van der Waals surface area contributed by atoms with Crippen molar-refractivity contribution in [1.29, 1.82) is 5.26 Å². The molecule has 0 bridgehead atoms. The lowest BCUT2D eigenvalue weighted by molar-refractivity contribution is 0.627. The molecular weight excluding hydrogens is 167 g/mol. The van der Waals surface area contributed by atoms with Crippen molar-refractivity contribution in [1.82, 2.24) is 0 Å². The average Bonchev–Trinajstić information content (AvgIpc) is 2.15. The van der Waals surface area contributed by atoms with Gasteiger partial charge in [-0.1, -0.05) is 0 Å². The maximum Gasteiger partial charge on any atom is 0.123 e. The van der Waals surface area contributed by atoms with Crippen molar-refractivity contribution in [3.8, 4) is 6.07 Å². The zero-order valence-corrected chi connectivity index (χ0v) is 7.50. The summed E-state index contributed by atoms with van der Waals surface area (Å²) >= 11 is 0. The SMILES string of the molecule is CN(CCC#N)c1ccc(F)cc1. The van der Waals surface area contributed by atoms with Crippen LogP contribution in [0.4, 0.5) is 10.1 Å². The van der Waals surface area contributed by atoms with Gasteiger partial charge in [-0.3, -0.25) is 0 Å². The second kappa shape index (κ2) is 4.46. The Labute approximate surface area is 77.2 Å². The van der Waals surface area contributed by atoms with Crippen LogP contribution < -0.4 is 4.90 Å². The summed E-state index contributed by atoms with van der Waals surface area (Å²) in [5.74, 6) is -0.238. The molecule has 0 heterocycles. The maximum atomic E-state index is 12.5. The van der Waals surface area contributed by atoms with E-state index >= 15 is 0 Å². The van der Waals surface area contributed by atoms with Crippen molar-refractivity contribution in [2.45, 2.75) is 6.42 Å². The van der Waals surface area contributed by atoms with Crippen molar-refractivity contribution in [2.24, 2.45) is 0 Å². The summed E-state index contributed by atoms with van der Waals surface area (Å²) in [7, 11) is 1.88. The molecule has 0 aliphatic heterocycles. The van der Waals surface area contributed by atoms with Crippen LogP contribution >= 0.6 is 0 Å². The van der Waals surface area contributed by atoms with Gasteiger partial charge >= 0.3 is 0 Å². The quantitative estimate of drug-likeness (QED) is 0.709. The highest BCUT2D eigenvalue weighted by molar-refractivity contribution is 5.45. The Hall–Kier alpha value is -1.56. The zero-order valence-electron chi connectivity index (χ0n) is 7.50. The fourth-order valence-corrected chi connectivity index (χ4v) is 1.04. The second-order valence-electron chi connectivity index (χ2n) is 2.81. The van der Waals surface area contributed by atoms with Gasteiger partial charge in [0.05, 0.1) is 12.5 Å². The highest BCUT2D eigenvalue weighted by atomic mass is 19.1. The van der Waals surface area contributed by atoms with Crippen LogP contribution in [-0.2, 0) is 0 Å². The van der Waals surface area contributed by atoms with Gasteiger partial charge in [-0.25, -0.2) is 4.39 Å². The summed E-state index contributed by atoms with van der Waals surface area (Å²) in [4.78, 5) is 1.92. The highest BCUT2D eigenvalue weighted by Crippen LogP contribution is 2.12. The van der Waals surface area contributed by atoms with Crippen LogP contribution in [0.3, 0.4) is 0 Å². The Morgan fingerprint density at radius 3 is 2.54 bits per heavy atom. The Balaban J connectivity index is 2.62. The topological polar surface area (TPSA) is 27.0 Å². The van der Waals surface area contributed by atoms with Crippen molar-refractivity contribution >= 4 is 5.69 Å². The van der Waals surface area contributed by atoms with E-state index in [-0.39, 0.29) is 5.82 Å². The summed E-state index contributed by atoms with van der Waals surface area (Å²) in [5.41, 5.74) is 0.927. The van der Waals surface area contributed by atoms with Gasteiger partial charge in [-0.2, -0.15) is 5.26 Å². The van der Waals surface area contributed by atoms with E-state index in [9.17, 15) is 4.39 Å². The average molecular weight is 178 g/mol. The first-order valence-electron chi connectivity index (χ1n) is 4.07. The van der Waals surface area contributed by atoms with Gasteiger partial charge in [-0.15, -0.1) is 0 Å². The number of benzene rings is 1. The molecule has 0 aliphatic rings. The first kappa shape index (κ1) is 9.53. The van der Waals surface area contributed by atoms with Gasteiger partial charge in [0, 0.05) is 19.3 Å². The largest absolute Gasteiger partial charge is 0.374 e. The molecule has 0 N–H and O–H groups in total. The Bertz CT molecular complexity index is 300. The number of halogens is 1. The van der Waals surface area contributed by atoms with Gasteiger partial charge < -0.3 is 4.90 Å². The fraction of sp³-hybridized carbons (Fsp3) is 0.300. The summed E-state index contributed by atoms with van der Waals surface area (Å²) < 4.78 is 12.5. The van der Waals surface area contributed by atoms with E-state index in [1.54, 1.807) is 12.1 Å². The Kier molecular flexibility index (Phi) is 3.27. The molecule has 0 aliphatic carbocycles. The van der Waals surface area contributed by atoms with Crippen LogP contribution in [0, 0.1) is 17.1 Å². The third-order valence-electron chi connectivity index (χ3n) is 1.83. The van der Waals surface area contributed by atoms with Gasteiger partial charge in [-0.05, 0) is 24.3 Å². The van der Waals surface area contributed by atoms with Crippen LogP contribution in [0.1, 0.15) is 6.42 Å². The molecular formula is C10H11FN2. The maximum absolute atomic E-state index is 12.5. The van der Waals surface area contributed by atoms with Gasteiger partial charge in [0.1, 0.15) is 5.82 Å². The minimum atomic E-state index is -0.238. The third-order valence-corrected chi connectivity index (χ3v) is 1.83. The van der Waals surface area contributed by atoms with Crippen LogP contribution in [0.25, 0.3) is 0 Å². The molecule has 68 valence electrons. The smallest absolute Gasteiger partial charge is 0.123 e. The summed E-state index contributed by atoms with van der Waals surface area (Å²) in [6, 6.07) is 8.30. The Morgan fingerprint density at radius 2 is 2.00 bits per heavy atom. The summed E-state index contributed by atoms with van der Waals surface area (Å²) in [6.07, 6.45) is 0.480. The molecule has 3 heteroatoms. The number of rotatable bonds is 3. The molecule has 13 heavy (non-hydrogen) atoms. The highest BCUT2D eigenvalue weighted by Gasteiger charge is 1.99. The van der Waals surface area contributed by atoms with E-state index in [0.29, 0.717) is 13.0 Å². The second-order valence-corrected chi connectivity index (χ2v) is 2.81. The first-order chi connectivity index (χ1) is 6.24. The van der Waals surface area contributed by atoms with E-state index < -0.39 is 0 Å². The fourth-order valence-electron chi connectivity index (χ4n) is 1.04. The van der Waals surface area contributed by atoms with Crippen LogP contribution in [0.15, 0.2) is 24.3 Å². The monoisotopic (exact) mass is 178 g/mol. The van der Waals surface area contributed by atoms with Crippen molar-refractivity contribution in [2.75, 3.05) is 18.5 Å². The predicted octanol–water partition coefficient (Wildman–Crippen LogP) is 2.18. The first-order valence-corrected chi connectivity index (χ1v) is 4.07. The molecule has 1 rings (SSSR count). The van der Waals surface area contributed by atoms with Crippen molar-refractivity contribution < 1.29 is 4.39 Å². The Morgan fingerprint density at radius 1 is 1.38 bits per heavy atom. The van der Waals surface area contributed by atoms with Gasteiger partial charge in [0.2, 0.25) is 0 Å². The summed E-state index contributed by atoms with van der Waals surface area (Å²) in [5, 5.41) is 8.37. The van der Waals surface area contributed by atoms with E-state index in [2.05, 4.69) is 6.07 Å². The minimum absolute atomic E-state index is 0.238. The van der Waals surface area contributed by atoms with E-state index in [4.69, 9.17) is 5.26 Å². The lowest BCUT2D eigenvalue weighted by atomic mass is 10.3. The lowest BCUT2D eigenvalue weighted by Gasteiger charge is -2.17. The molecule has 0 saturated carbocycles. The number of nitriles is 1. The number of hydrogen-bond acceptors (Lipinski definition) is 2. The van der Waals surface area contributed by atoms with Gasteiger partial charge in [0.25, 0.3) is 0 Å². The molecule has 0 saturated heterocycles. The molecule has 0 atom stereocenters. The van der Waals surface area contributed by atoms with Crippen LogP contribution in [-0.4, -0.2) is 13.6 Å². The number of hydrogen-bond donors (Lipinski definition) is 0. The molecule has 0 fully saturated rings. The number of anilines is 1. The molecule has 1 aromatic carbocycles. The van der Waals surface area contributed by atoms with Crippen LogP contribution in [0.5, 0.6) is 0 Å². The van der Waals surface area contributed by atoms with Crippen molar-refractivity contribution in [3.63, 3.8) is 0 Å².